The van der Waals surface area contributed by atoms with Crippen molar-refractivity contribution in [1.82, 2.24) is 10.3 Å². The van der Waals surface area contributed by atoms with E-state index in [9.17, 15) is 9.59 Å². The molecule has 0 aliphatic heterocycles. The number of hydrogen-bond donors (Lipinski definition) is 3. The summed E-state index contributed by atoms with van der Waals surface area (Å²) in [7, 11) is 0. The Balaban J connectivity index is 2.51. The molecule has 0 spiro atoms. The molecule has 32 heavy (non-hydrogen) atoms. The maximum absolute atomic E-state index is 12.4. The third-order valence-electron chi connectivity index (χ3n) is 4.84. The highest BCUT2D eigenvalue weighted by Crippen LogP contribution is 2.15. The summed E-state index contributed by atoms with van der Waals surface area (Å²) >= 11 is 1.62. The number of primary amides is 1. The van der Waals surface area contributed by atoms with Gasteiger partial charge >= 0.3 is 6.03 Å². The highest BCUT2D eigenvalue weighted by Gasteiger charge is 2.20. The van der Waals surface area contributed by atoms with Crippen molar-refractivity contribution in [3.05, 3.63) is 58.8 Å². The third kappa shape index (κ3) is 12.3. The standard InChI is InChI=1S/C25H38N4O2S/c1-18(2)9-6-10-19(3)11-7-12-20(4)14-16-32-17-22(24(30)29-25(26)31)28-23-21(5)13-8-15-27-23/h8-9,11,13-15,22H,6-7,10,12,16-17H2,1-5H3,(H,27,28)(H3,26,29,30,31). The molecule has 4 N–H and O–H groups in total. The first-order chi connectivity index (χ1) is 15.2. The summed E-state index contributed by atoms with van der Waals surface area (Å²) in [6.45, 7) is 10.5. The van der Waals surface area contributed by atoms with Crippen LogP contribution in [0.3, 0.4) is 0 Å². The number of aryl methyl sites for hydroxylation is 1. The van der Waals surface area contributed by atoms with Crippen LogP contribution in [0.4, 0.5) is 10.6 Å². The van der Waals surface area contributed by atoms with Gasteiger partial charge in [-0.2, -0.15) is 11.8 Å². The number of amides is 3. The van der Waals surface area contributed by atoms with Gasteiger partial charge in [0.05, 0.1) is 0 Å². The molecule has 1 rings (SSSR count). The van der Waals surface area contributed by atoms with Crippen molar-refractivity contribution in [1.29, 1.82) is 0 Å². The molecule has 3 amide bonds. The van der Waals surface area contributed by atoms with Gasteiger partial charge < -0.3 is 11.1 Å². The van der Waals surface area contributed by atoms with Crippen LogP contribution in [0, 0.1) is 6.92 Å². The highest BCUT2D eigenvalue weighted by molar-refractivity contribution is 7.99. The molecular weight excluding hydrogens is 420 g/mol. The predicted molar refractivity (Wildman–Crippen MR) is 137 cm³/mol. The van der Waals surface area contributed by atoms with E-state index in [4.69, 9.17) is 5.73 Å². The minimum Gasteiger partial charge on any atom is -0.357 e. The van der Waals surface area contributed by atoms with Gasteiger partial charge in [-0.1, -0.05) is 41.0 Å². The van der Waals surface area contributed by atoms with E-state index in [-0.39, 0.29) is 0 Å². The van der Waals surface area contributed by atoms with Crippen molar-refractivity contribution >= 4 is 29.5 Å². The van der Waals surface area contributed by atoms with Crippen LogP contribution in [0.25, 0.3) is 0 Å². The lowest BCUT2D eigenvalue weighted by Gasteiger charge is -2.18. The lowest BCUT2D eigenvalue weighted by molar-refractivity contribution is -0.120. The number of imide groups is 1. The molecule has 1 aromatic heterocycles. The van der Waals surface area contributed by atoms with E-state index in [0.29, 0.717) is 11.6 Å². The molecule has 0 aromatic carbocycles. The molecule has 7 heteroatoms. The Morgan fingerprint density at radius 3 is 2.38 bits per heavy atom. The molecule has 176 valence electrons. The van der Waals surface area contributed by atoms with Crippen LogP contribution in [0.1, 0.15) is 58.9 Å². The molecule has 0 aliphatic rings. The Morgan fingerprint density at radius 1 is 1.09 bits per heavy atom. The first-order valence-electron chi connectivity index (χ1n) is 11.0. The molecule has 0 aliphatic carbocycles. The van der Waals surface area contributed by atoms with Crippen molar-refractivity contribution < 1.29 is 9.59 Å². The molecule has 1 aromatic rings. The van der Waals surface area contributed by atoms with E-state index < -0.39 is 18.0 Å². The Bertz CT molecular complexity index is 842. The Hall–Kier alpha value is -2.54. The zero-order valence-electron chi connectivity index (χ0n) is 20.0. The second-order valence-electron chi connectivity index (χ2n) is 8.22. The van der Waals surface area contributed by atoms with Crippen LogP contribution >= 0.6 is 11.8 Å². The zero-order valence-corrected chi connectivity index (χ0v) is 20.8. The van der Waals surface area contributed by atoms with Crippen molar-refractivity contribution in [2.75, 3.05) is 16.8 Å². The van der Waals surface area contributed by atoms with Crippen LogP contribution in [0.2, 0.25) is 0 Å². The molecule has 0 saturated carbocycles. The number of carbonyl (C=O) groups is 2. The molecule has 6 nitrogen and oxygen atoms in total. The third-order valence-corrected chi connectivity index (χ3v) is 5.81. The molecule has 0 bridgehead atoms. The number of rotatable bonds is 13. The number of urea groups is 1. The lowest BCUT2D eigenvalue weighted by Crippen LogP contribution is -2.46. The number of carbonyl (C=O) groups excluding carboxylic acids is 2. The minimum absolute atomic E-state index is 0.454. The number of thioether (sulfide) groups is 1. The number of pyridine rings is 1. The summed E-state index contributed by atoms with van der Waals surface area (Å²) < 4.78 is 0. The summed E-state index contributed by atoms with van der Waals surface area (Å²) in [5.41, 5.74) is 10.2. The Labute approximate surface area is 197 Å². The minimum atomic E-state index is -0.857. The maximum atomic E-state index is 12.4. The highest BCUT2D eigenvalue weighted by atomic mass is 32.2. The summed E-state index contributed by atoms with van der Waals surface area (Å²) in [6.07, 6.45) is 12.7. The number of nitrogens with two attached hydrogens (primary N) is 1. The zero-order chi connectivity index (χ0) is 23.9. The van der Waals surface area contributed by atoms with Gasteiger partial charge in [-0.3, -0.25) is 10.1 Å². The van der Waals surface area contributed by atoms with E-state index >= 15 is 0 Å². The van der Waals surface area contributed by atoms with E-state index in [2.05, 4.69) is 61.5 Å². The van der Waals surface area contributed by atoms with Gasteiger partial charge in [-0.05, 0) is 71.9 Å². The monoisotopic (exact) mass is 458 g/mol. The van der Waals surface area contributed by atoms with Crippen molar-refractivity contribution in [3.63, 3.8) is 0 Å². The Kier molecular flexibility index (Phi) is 13.1. The molecular formula is C25H38N4O2S. The average molecular weight is 459 g/mol. The predicted octanol–water partition coefficient (Wildman–Crippen LogP) is 5.52. The van der Waals surface area contributed by atoms with Crippen molar-refractivity contribution in [3.8, 4) is 0 Å². The molecule has 1 unspecified atom stereocenters. The number of anilines is 1. The topological polar surface area (TPSA) is 97.1 Å². The van der Waals surface area contributed by atoms with Gasteiger partial charge in [0.25, 0.3) is 5.91 Å². The van der Waals surface area contributed by atoms with Crippen LogP contribution in [-0.2, 0) is 4.79 Å². The quantitative estimate of drug-likeness (QED) is 0.267. The van der Waals surface area contributed by atoms with Crippen LogP contribution in [0.15, 0.2) is 53.3 Å². The van der Waals surface area contributed by atoms with E-state index in [1.807, 2.05) is 19.1 Å². The van der Waals surface area contributed by atoms with Gasteiger partial charge in [0.2, 0.25) is 0 Å². The van der Waals surface area contributed by atoms with E-state index in [1.165, 1.54) is 16.7 Å². The SMILES string of the molecule is CC(C)=CCCC(C)=CCCC(C)=CCSCC(Nc1ncccc1C)C(=O)NC(N)=O. The number of aromatic nitrogens is 1. The van der Waals surface area contributed by atoms with Gasteiger partial charge in [0.15, 0.2) is 0 Å². The second-order valence-corrected chi connectivity index (χ2v) is 9.29. The van der Waals surface area contributed by atoms with Crippen LogP contribution in [0.5, 0.6) is 0 Å². The van der Waals surface area contributed by atoms with Crippen molar-refractivity contribution in [2.24, 2.45) is 5.73 Å². The van der Waals surface area contributed by atoms with E-state index in [1.54, 1.807) is 18.0 Å². The van der Waals surface area contributed by atoms with Gasteiger partial charge in [0.1, 0.15) is 11.9 Å². The van der Waals surface area contributed by atoms with Gasteiger partial charge in [-0.15, -0.1) is 0 Å². The smallest absolute Gasteiger partial charge is 0.318 e. The molecule has 0 saturated heterocycles. The first-order valence-corrected chi connectivity index (χ1v) is 12.1. The van der Waals surface area contributed by atoms with Crippen LogP contribution in [-0.4, -0.2) is 34.5 Å². The van der Waals surface area contributed by atoms with Crippen LogP contribution < -0.4 is 16.4 Å². The van der Waals surface area contributed by atoms with E-state index in [0.717, 1.165) is 37.0 Å². The summed E-state index contributed by atoms with van der Waals surface area (Å²) in [5, 5.41) is 5.29. The molecule has 1 atom stereocenters. The maximum Gasteiger partial charge on any atom is 0.318 e. The molecule has 0 fully saturated rings. The van der Waals surface area contributed by atoms with Gasteiger partial charge in [0, 0.05) is 17.7 Å². The largest absolute Gasteiger partial charge is 0.357 e. The fourth-order valence-corrected chi connectivity index (χ4v) is 3.93. The number of nitrogens with zero attached hydrogens (tertiary/aromatic N) is 1. The summed E-state index contributed by atoms with van der Waals surface area (Å²) in [4.78, 5) is 27.8. The van der Waals surface area contributed by atoms with Crippen molar-refractivity contribution in [2.45, 2.75) is 66.3 Å². The fraction of sp³-hybridized carbons (Fsp3) is 0.480. The molecule has 0 radical (unpaired) electrons. The summed E-state index contributed by atoms with van der Waals surface area (Å²) in [6, 6.07) is 2.28. The lowest BCUT2D eigenvalue weighted by atomic mass is 10.1. The average Bonchev–Trinajstić information content (AvgIpc) is 2.70. The molecule has 1 heterocycles. The first kappa shape index (κ1) is 27.5. The normalized spacial score (nSPS) is 12.8. The number of allylic oxidation sites excluding steroid dienone is 5. The number of hydrogen-bond acceptors (Lipinski definition) is 5. The second kappa shape index (κ2) is 15.3. The summed E-state index contributed by atoms with van der Waals surface area (Å²) in [5.74, 6) is 1.45. The van der Waals surface area contributed by atoms with Gasteiger partial charge in [-0.25, -0.2) is 9.78 Å². The Morgan fingerprint density at radius 2 is 1.75 bits per heavy atom. The number of nitrogens with one attached hydrogen (secondary N) is 2. The fourth-order valence-electron chi connectivity index (χ4n) is 2.92.